The highest BCUT2D eigenvalue weighted by Crippen LogP contribution is 2.08. The second-order valence-electron chi connectivity index (χ2n) is 5.44. The normalized spacial score (nSPS) is 12.3. The second-order valence-corrected chi connectivity index (χ2v) is 5.44. The van der Waals surface area contributed by atoms with Crippen molar-refractivity contribution in [1.82, 2.24) is 0 Å². The van der Waals surface area contributed by atoms with Crippen LogP contribution in [0.3, 0.4) is 0 Å². The summed E-state index contributed by atoms with van der Waals surface area (Å²) in [6, 6.07) is 0. The van der Waals surface area contributed by atoms with E-state index in [2.05, 4.69) is 12.2 Å². The monoisotopic (exact) mass is 323 g/mol. The quantitative estimate of drug-likeness (QED) is 0.204. The Morgan fingerprint density at radius 3 is 2.35 bits per heavy atom. The lowest BCUT2D eigenvalue weighted by molar-refractivity contribution is -0.427. The number of aliphatic carboxylic acids is 1. The van der Waals surface area contributed by atoms with Crippen molar-refractivity contribution in [1.29, 1.82) is 0 Å². The summed E-state index contributed by atoms with van der Waals surface area (Å²) < 4.78 is 0. The Labute approximate surface area is 138 Å². The summed E-state index contributed by atoms with van der Waals surface area (Å²) in [4.78, 5) is 20.7. The van der Waals surface area contributed by atoms with Crippen molar-refractivity contribution < 1.29 is 14.8 Å². The zero-order valence-electron chi connectivity index (χ0n) is 14.1. The first-order chi connectivity index (χ1) is 11.1. The van der Waals surface area contributed by atoms with Gasteiger partial charge in [0.05, 0.1) is 11.3 Å². The molecule has 0 fully saturated rings. The van der Waals surface area contributed by atoms with Gasteiger partial charge in [-0.2, -0.15) is 0 Å². The number of carboxylic acids is 1. The van der Waals surface area contributed by atoms with E-state index in [-0.39, 0.29) is 17.0 Å². The van der Waals surface area contributed by atoms with Gasteiger partial charge in [-0.15, -0.1) is 0 Å². The molecule has 0 unspecified atom stereocenters. The van der Waals surface area contributed by atoms with Crippen molar-refractivity contribution in [2.24, 2.45) is 0 Å². The maximum Gasteiger partial charge on any atom is 0.303 e. The summed E-state index contributed by atoms with van der Waals surface area (Å²) in [5.74, 6) is -0.712. The molecule has 0 saturated carbocycles. The van der Waals surface area contributed by atoms with Crippen LogP contribution in [-0.2, 0) is 4.79 Å². The van der Waals surface area contributed by atoms with Crippen LogP contribution in [0.25, 0.3) is 0 Å². The van der Waals surface area contributed by atoms with E-state index in [1.807, 2.05) is 19.1 Å². The average Bonchev–Trinajstić information content (AvgIpc) is 2.50. The highest BCUT2D eigenvalue weighted by atomic mass is 16.6. The first-order valence-corrected chi connectivity index (χ1v) is 8.43. The van der Waals surface area contributed by atoms with E-state index in [4.69, 9.17) is 5.11 Å². The molecule has 0 heterocycles. The minimum absolute atomic E-state index is 0.260. The number of hydrogen-bond donors (Lipinski definition) is 1. The van der Waals surface area contributed by atoms with E-state index in [0.717, 1.165) is 44.9 Å². The van der Waals surface area contributed by atoms with Gasteiger partial charge >= 0.3 is 5.97 Å². The summed E-state index contributed by atoms with van der Waals surface area (Å²) in [6.45, 7) is 1.89. The lowest BCUT2D eigenvalue weighted by Crippen LogP contribution is -1.96. The predicted molar refractivity (Wildman–Crippen MR) is 92.8 cm³/mol. The van der Waals surface area contributed by atoms with Gasteiger partial charge in [-0.05, 0) is 38.2 Å². The third-order valence-corrected chi connectivity index (χ3v) is 3.37. The first kappa shape index (κ1) is 21.1. The van der Waals surface area contributed by atoms with Gasteiger partial charge in [0.1, 0.15) is 0 Å². The van der Waals surface area contributed by atoms with Gasteiger partial charge in [-0.1, -0.05) is 50.5 Å². The van der Waals surface area contributed by atoms with Crippen LogP contribution in [0, 0.1) is 10.1 Å². The minimum Gasteiger partial charge on any atom is -0.481 e. The number of carbonyl (C=O) groups is 1. The van der Waals surface area contributed by atoms with Crippen LogP contribution < -0.4 is 0 Å². The van der Waals surface area contributed by atoms with E-state index >= 15 is 0 Å². The third-order valence-electron chi connectivity index (χ3n) is 3.37. The molecule has 5 heteroatoms. The van der Waals surface area contributed by atoms with Crippen molar-refractivity contribution in [3.05, 3.63) is 46.2 Å². The van der Waals surface area contributed by atoms with E-state index in [9.17, 15) is 14.9 Å². The van der Waals surface area contributed by atoms with Crippen LogP contribution in [0.4, 0.5) is 0 Å². The van der Waals surface area contributed by atoms with Gasteiger partial charge in [0.25, 0.3) is 0 Å². The average molecular weight is 323 g/mol. The summed E-state index contributed by atoms with van der Waals surface area (Å²) in [5, 5.41) is 19.2. The molecule has 1 N–H and O–H groups in total. The summed E-state index contributed by atoms with van der Waals surface area (Å²) >= 11 is 0. The van der Waals surface area contributed by atoms with E-state index in [1.165, 1.54) is 0 Å². The molecule has 0 aliphatic rings. The van der Waals surface area contributed by atoms with E-state index in [0.29, 0.717) is 12.8 Å². The van der Waals surface area contributed by atoms with Crippen LogP contribution in [0.2, 0.25) is 0 Å². The van der Waals surface area contributed by atoms with Gasteiger partial charge in [-0.25, -0.2) is 0 Å². The van der Waals surface area contributed by atoms with Crippen molar-refractivity contribution in [3.8, 4) is 0 Å². The SMILES string of the molecule is CC/C=C(\C/C=C\C/C=C/CCCCCCCC(=O)O)[N+](=O)[O-]. The Kier molecular flexibility index (Phi) is 13.8. The number of nitrogens with zero attached hydrogens (tertiary/aromatic N) is 1. The van der Waals surface area contributed by atoms with E-state index < -0.39 is 5.97 Å². The zero-order valence-corrected chi connectivity index (χ0v) is 14.1. The Hall–Kier alpha value is -1.91. The maximum atomic E-state index is 10.7. The molecular weight excluding hydrogens is 294 g/mol. The van der Waals surface area contributed by atoms with Crippen molar-refractivity contribution in [2.45, 2.75) is 71.1 Å². The molecule has 23 heavy (non-hydrogen) atoms. The Bertz CT molecular complexity index is 425. The van der Waals surface area contributed by atoms with Crippen molar-refractivity contribution in [3.63, 3.8) is 0 Å². The lowest BCUT2D eigenvalue weighted by atomic mass is 10.1. The fourth-order valence-corrected chi connectivity index (χ4v) is 2.13. The van der Waals surface area contributed by atoms with Gasteiger partial charge in [0.15, 0.2) is 0 Å². The van der Waals surface area contributed by atoms with Crippen LogP contribution in [0.1, 0.15) is 71.1 Å². The standard InChI is InChI=1S/C18H29NO4/c1-2-14-17(19(22)23)15-12-10-8-6-4-3-5-7-9-11-13-16-18(20)21/h4,6,10,12,14H,2-3,5,7-9,11,13,15-16H2,1H3,(H,20,21)/b6-4+,12-10-,17-14+. The molecule has 0 spiro atoms. The number of nitro groups is 1. The molecular formula is C18H29NO4. The molecule has 130 valence electrons. The van der Waals surface area contributed by atoms with Crippen LogP contribution in [0.15, 0.2) is 36.1 Å². The van der Waals surface area contributed by atoms with Crippen LogP contribution in [-0.4, -0.2) is 16.0 Å². The molecule has 0 aromatic heterocycles. The predicted octanol–water partition coefficient (Wildman–Crippen LogP) is 5.26. The van der Waals surface area contributed by atoms with Crippen molar-refractivity contribution in [2.75, 3.05) is 0 Å². The number of unbranched alkanes of at least 4 members (excludes halogenated alkanes) is 5. The van der Waals surface area contributed by atoms with Gasteiger partial charge in [-0.3, -0.25) is 14.9 Å². The molecule has 0 atom stereocenters. The van der Waals surface area contributed by atoms with Crippen LogP contribution >= 0.6 is 0 Å². The molecule has 0 bridgehead atoms. The molecule has 0 aliphatic heterocycles. The third kappa shape index (κ3) is 14.8. The molecule has 0 rings (SSSR count). The molecule has 0 aromatic rings. The summed E-state index contributed by atoms with van der Waals surface area (Å²) in [5.41, 5.74) is 0.260. The molecule has 0 saturated heterocycles. The Balaban J connectivity index is 3.57. The number of carboxylic acid groups (broad SMARTS) is 1. The highest BCUT2D eigenvalue weighted by Gasteiger charge is 2.05. The molecule has 0 aliphatic carbocycles. The second kappa shape index (κ2) is 15.0. The fraction of sp³-hybridized carbons (Fsp3) is 0.611. The van der Waals surface area contributed by atoms with Gasteiger partial charge in [0.2, 0.25) is 5.70 Å². The maximum absolute atomic E-state index is 10.7. The summed E-state index contributed by atoms with van der Waals surface area (Å²) in [7, 11) is 0. The molecule has 0 amide bonds. The number of hydrogen-bond acceptors (Lipinski definition) is 3. The van der Waals surface area contributed by atoms with E-state index in [1.54, 1.807) is 6.08 Å². The van der Waals surface area contributed by atoms with Gasteiger partial charge in [0, 0.05) is 6.42 Å². The van der Waals surface area contributed by atoms with Crippen LogP contribution in [0.5, 0.6) is 0 Å². The minimum atomic E-state index is -0.712. The first-order valence-electron chi connectivity index (χ1n) is 8.43. The fourth-order valence-electron chi connectivity index (χ4n) is 2.13. The van der Waals surface area contributed by atoms with Gasteiger partial charge < -0.3 is 5.11 Å². The smallest absolute Gasteiger partial charge is 0.303 e. The topological polar surface area (TPSA) is 80.4 Å². The molecule has 0 aromatic carbocycles. The largest absolute Gasteiger partial charge is 0.481 e. The molecule has 0 radical (unpaired) electrons. The highest BCUT2D eigenvalue weighted by molar-refractivity contribution is 5.66. The number of rotatable bonds is 14. The lowest BCUT2D eigenvalue weighted by Gasteiger charge is -1.98. The summed E-state index contributed by atoms with van der Waals surface area (Å²) in [6.07, 6.45) is 17.9. The number of allylic oxidation sites excluding steroid dienone is 5. The Morgan fingerprint density at radius 2 is 1.70 bits per heavy atom. The van der Waals surface area contributed by atoms with Crippen molar-refractivity contribution >= 4 is 5.97 Å². The molecule has 5 nitrogen and oxygen atoms in total. The Morgan fingerprint density at radius 1 is 1.04 bits per heavy atom. The zero-order chi connectivity index (χ0) is 17.3.